The van der Waals surface area contributed by atoms with E-state index in [1.807, 2.05) is 51.1 Å². The number of ketones is 1. The molecule has 1 N–H and O–H groups in total. The highest BCUT2D eigenvalue weighted by Crippen LogP contribution is 2.64. The molecule has 1 aromatic carbocycles. The molecular weight excluding hydrogens is 298 g/mol. The molecule has 0 saturated heterocycles. The second kappa shape index (κ2) is 4.90. The van der Waals surface area contributed by atoms with Gasteiger partial charge in [0.25, 0.3) is 0 Å². The van der Waals surface area contributed by atoms with Crippen molar-refractivity contribution in [1.82, 2.24) is 4.72 Å². The van der Waals surface area contributed by atoms with Crippen LogP contribution in [0, 0.1) is 16.7 Å². The number of carbonyl (C=O) groups is 1. The van der Waals surface area contributed by atoms with Crippen LogP contribution in [0.4, 0.5) is 0 Å². The van der Waals surface area contributed by atoms with E-state index in [4.69, 9.17) is 0 Å². The summed E-state index contributed by atoms with van der Waals surface area (Å²) in [7, 11) is -3.65. The van der Waals surface area contributed by atoms with Gasteiger partial charge in [0, 0.05) is 12.0 Å². The first kappa shape index (κ1) is 15.7. The van der Waals surface area contributed by atoms with Crippen LogP contribution in [0.15, 0.2) is 30.3 Å². The smallest absolute Gasteiger partial charge is 0.222 e. The van der Waals surface area contributed by atoms with Crippen molar-refractivity contribution in [2.75, 3.05) is 0 Å². The Morgan fingerprint density at radius 1 is 1.18 bits per heavy atom. The van der Waals surface area contributed by atoms with E-state index in [9.17, 15) is 13.2 Å². The second-order valence-corrected chi connectivity index (χ2v) is 9.22. The van der Waals surface area contributed by atoms with Crippen LogP contribution in [-0.2, 0) is 21.4 Å². The summed E-state index contributed by atoms with van der Waals surface area (Å²) in [5, 5.41) is -0.898. The molecule has 4 nitrogen and oxygen atoms in total. The molecule has 1 aromatic rings. The van der Waals surface area contributed by atoms with Gasteiger partial charge >= 0.3 is 0 Å². The standard InChI is InChI=1S/C17H23NO3S/c1-16(2)13-9-10-17(16,3)15(19)14(13)22(20,21)18-11-12-7-5-4-6-8-12/h4-8,13-14,18H,9-11H2,1-3H3. The monoisotopic (exact) mass is 321 g/mol. The van der Waals surface area contributed by atoms with Crippen LogP contribution in [0.5, 0.6) is 0 Å². The molecule has 22 heavy (non-hydrogen) atoms. The van der Waals surface area contributed by atoms with Crippen molar-refractivity contribution >= 4 is 15.8 Å². The van der Waals surface area contributed by atoms with Crippen molar-refractivity contribution in [3.63, 3.8) is 0 Å². The van der Waals surface area contributed by atoms with E-state index >= 15 is 0 Å². The number of fused-ring (bicyclic) bond motifs is 2. The van der Waals surface area contributed by atoms with E-state index in [-0.39, 0.29) is 23.7 Å². The van der Waals surface area contributed by atoms with E-state index in [0.717, 1.165) is 18.4 Å². The highest BCUT2D eigenvalue weighted by atomic mass is 32.2. The average molecular weight is 321 g/mol. The van der Waals surface area contributed by atoms with Crippen molar-refractivity contribution in [2.24, 2.45) is 16.7 Å². The minimum Gasteiger partial charge on any atom is -0.298 e. The number of rotatable bonds is 4. The van der Waals surface area contributed by atoms with Crippen LogP contribution in [-0.4, -0.2) is 19.5 Å². The van der Waals surface area contributed by atoms with Crippen LogP contribution < -0.4 is 4.72 Å². The van der Waals surface area contributed by atoms with Crippen LogP contribution >= 0.6 is 0 Å². The van der Waals surface area contributed by atoms with Gasteiger partial charge < -0.3 is 0 Å². The van der Waals surface area contributed by atoms with Gasteiger partial charge in [-0.25, -0.2) is 13.1 Å². The maximum atomic E-state index is 12.7. The molecule has 2 saturated carbocycles. The predicted molar refractivity (Wildman–Crippen MR) is 85.6 cm³/mol. The zero-order chi connectivity index (χ0) is 16.2. The van der Waals surface area contributed by atoms with E-state index in [2.05, 4.69) is 4.72 Å². The summed E-state index contributed by atoms with van der Waals surface area (Å²) in [6.07, 6.45) is 1.61. The Labute approximate surface area is 132 Å². The molecule has 0 heterocycles. The molecule has 2 bridgehead atoms. The number of benzene rings is 1. The topological polar surface area (TPSA) is 63.2 Å². The first-order valence-electron chi connectivity index (χ1n) is 7.77. The van der Waals surface area contributed by atoms with Crippen molar-refractivity contribution in [2.45, 2.75) is 45.4 Å². The number of Topliss-reactive ketones (excluding diaryl/α,β-unsaturated/α-hetero) is 1. The Kier molecular flexibility index (Phi) is 3.49. The van der Waals surface area contributed by atoms with Gasteiger partial charge in [-0.3, -0.25) is 4.79 Å². The fourth-order valence-corrected chi connectivity index (χ4v) is 6.23. The number of hydrogen-bond acceptors (Lipinski definition) is 3. The zero-order valence-electron chi connectivity index (χ0n) is 13.3. The fourth-order valence-electron chi connectivity index (χ4n) is 4.23. The lowest BCUT2D eigenvalue weighted by Crippen LogP contribution is -2.44. The molecule has 0 spiro atoms. The zero-order valence-corrected chi connectivity index (χ0v) is 14.1. The lowest BCUT2D eigenvalue weighted by molar-refractivity contribution is -0.127. The number of sulfonamides is 1. The van der Waals surface area contributed by atoms with Crippen LogP contribution in [0.2, 0.25) is 0 Å². The van der Waals surface area contributed by atoms with Gasteiger partial charge in [-0.2, -0.15) is 0 Å². The first-order chi connectivity index (χ1) is 10.2. The molecule has 120 valence electrons. The molecule has 2 aliphatic carbocycles. The summed E-state index contributed by atoms with van der Waals surface area (Å²) >= 11 is 0. The third kappa shape index (κ3) is 2.06. The van der Waals surface area contributed by atoms with Gasteiger partial charge in [0.05, 0.1) is 0 Å². The molecule has 2 aliphatic rings. The summed E-state index contributed by atoms with van der Waals surface area (Å²) in [6.45, 7) is 6.24. The summed E-state index contributed by atoms with van der Waals surface area (Å²) in [5.74, 6) is -0.187. The number of carbonyl (C=O) groups excluding carboxylic acids is 1. The van der Waals surface area contributed by atoms with Crippen molar-refractivity contribution in [1.29, 1.82) is 0 Å². The Bertz CT molecular complexity index is 696. The summed E-state index contributed by atoms with van der Waals surface area (Å²) in [4.78, 5) is 12.7. The molecule has 0 amide bonds. The first-order valence-corrected chi connectivity index (χ1v) is 9.31. The lowest BCUT2D eigenvalue weighted by atomic mass is 9.70. The van der Waals surface area contributed by atoms with Crippen LogP contribution in [0.3, 0.4) is 0 Å². The molecule has 0 radical (unpaired) electrons. The quantitative estimate of drug-likeness (QED) is 0.927. The molecule has 3 unspecified atom stereocenters. The Morgan fingerprint density at radius 3 is 2.36 bits per heavy atom. The molecule has 3 rings (SSSR count). The van der Waals surface area contributed by atoms with Crippen molar-refractivity contribution in [3.05, 3.63) is 35.9 Å². The van der Waals surface area contributed by atoms with Crippen LogP contribution in [0.1, 0.15) is 39.2 Å². The summed E-state index contributed by atoms with van der Waals surface area (Å²) in [5.41, 5.74) is 0.132. The van der Waals surface area contributed by atoms with Crippen LogP contribution in [0.25, 0.3) is 0 Å². The van der Waals surface area contributed by atoms with E-state index in [1.54, 1.807) is 0 Å². The van der Waals surface area contributed by atoms with Gasteiger partial charge in [0.15, 0.2) is 5.78 Å². The summed E-state index contributed by atoms with van der Waals surface area (Å²) in [6, 6.07) is 9.38. The van der Waals surface area contributed by atoms with E-state index in [0.29, 0.717) is 0 Å². The lowest BCUT2D eigenvalue weighted by Gasteiger charge is -2.32. The molecule has 0 aromatic heterocycles. The maximum absolute atomic E-state index is 12.7. The van der Waals surface area contributed by atoms with Gasteiger partial charge in [0.1, 0.15) is 5.25 Å². The third-order valence-corrected chi connectivity index (χ3v) is 7.88. The van der Waals surface area contributed by atoms with Gasteiger partial charge in [-0.15, -0.1) is 0 Å². The Balaban J connectivity index is 1.83. The molecule has 3 atom stereocenters. The van der Waals surface area contributed by atoms with Gasteiger partial charge in [0.2, 0.25) is 10.0 Å². The van der Waals surface area contributed by atoms with E-state index in [1.165, 1.54) is 0 Å². The normalized spacial score (nSPS) is 33.3. The Morgan fingerprint density at radius 2 is 1.82 bits per heavy atom. The largest absolute Gasteiger partial charge is 0.298 e. The molecule has 2 fully saturated rings. The van der Waals surface area contributed by atoms with Gasteiger partial charge in [-0.1, -0.05) is 51.1 Å². The summed E-state index contributed by atoms with van der Waals surface area (Å²) < 4.78 is 28.0. The van der Waals surface area contributed by atoms with E-state index < -0.39 is 20.7 Å². The average Bonchev–Trinajstić information content (AvgIpc) is 2.78. The van der Waals surface area contributed by atoms with Crippen molar-refractivity contribution in [3.8, 4) is 0 Å². The molecular formula is C17H23NO3S. The fraction of sp³-hybridized carbons (Fsp3) is 0.588. The number of nitrogens with one attached hydrogen (secondary N) is 1. The minimum absolute atomic E-state index is 0.0849. The molecule has 5 heteroatoms. The predicted octanol–water partition coefficient (Wildman–Crippen LogP) is 2.50. The second-order valence-electron chi connectivity index (χ2n) is 7.34. The maximum Gasteiger partial charge on any atom is 0.222 e. The SMILES string of the molecule is CC12CCC(C(S(=O)(=O)NCc3ccccc3)C1=O)C2(C)C. The molecule has 0 aliphatic heterocycles. The van der Waals surface area contributed by atoms with Gasteiger partial charge in [-0.05, 0) is 29.7 Å². The third-order valence-electron chi connectivity index (χ3n) is 6.13. The highest BCUT2D eigenvalue weighted by molar-refractivity contribution is 7.90. The highest BCUT2D eigenvalue weighted by Gasteiger charge is 2.69. The van der Waals surface area contributed by atoms with Crippen molar-refractivity contribution < 1.29 is 13.2 Å². The Hall–Kier alpha value is -1.20. The minimum atomic E-state index is -3.65. The number of hydrogen-bond donors (Lipinski definition) is 1.